The van der Waals surface area contributed by atoms with E-state index in [9.17, 15) is 0 Å². The number of fused-ring (bicyclic) bond motifs is 3. The SMILES string of the molecule is c1ccc(-c2ccc3c(c2)c2cc(-c4nc(-c5ccccc5)nc(-c5ccccc5)n4)ccc2n3-c2nc(-c3ccccc3)nc(-c3ccccc3)n2)cc1. The summed E-state index contributed by atoms with van der Waals surface area (Å²) in [6.45, 7) is 0. The van der Waals surface area contributed by atoms with Crippen LogP contribution >= 0.6 is 0 Å². The highest BCUT2D eigenvalue weighted by molar-refractivity contribution is 6.11. The number of nitrogens with zero attached hydrogens (tertiary/aromatic N) is 7. The Bertz CT molecular complexity index is 2830. The molecule has 0 bridgehead atoms. The number of hydrogen-bond acceptors (Lipinski definition) is 6. The molecular weight excluding hydrogens is 675 g/mol. The van der Waals surface area contributed by atoms with Crippen LogP contribution in [-0.4, -0.2) is 34.5 Å². The van der Waals surface area contributed by atoms with Gasteiger partial charge < -0.3 is 0 Å². The molecule has 7 aromatic carbocycles. The smallest absolute Gasteiger partial charge is 0.238 e. The van der Waals surface area contributed by atoms with Gasteiger partial charge in [0.05, 0.1) is 11.0 Å². The average molecular weight is 706 g/mol. The van der Waals surface area contributed by atoms with E-state index in [1.807, 2.05) is 127 Å². The molecule has 0 aliphatic carbocycles. The van der Waals surface area contributed by atoms with Crippen molar-refractivity contribution in [3.8, 4) is 74.0 Å². The molecule has 0 radical (unpaired) electrons. The van der Waals surface area contributed by atoms with Crippen molar-refractivity contribution in [2.24, 2.45) is 0 Å². The standard InChI is InChI=1S/C48H31N7/c1-6-16-32(17-7-1)37-26-28-41-39(30-37)40-31-38(47-50-43(33-18-8-2-9-19-33)49-44(51-47)34-20-10-3-11-21-34)27-29-42(40)55(41)48-53-45(35-22-12-4-13-23-35)52-46(54-48)36-24-14-5-15-25-36/h1-31H. The van der Waals surface area contributed by atoms with Crippen molar-refractivity contribution in [2.45, 2.75) is 0 Å². The number of benzene rings is 7. The highest BCUT2D eigenvalue weighted by Gasteiger charge is 2.20. The monoisotopic (exact) mass is 705 g/mol. The molecule has 0 atom stereocenters. The molecule has 0 N–H and O–H groups in total. The van der Waals surface area contributed by atoms with Gasteiger partial charge in [-0.3, -0.25) is 4.57 Å². The van der Waals surface area contributed by atoms with E-state index in [0.29, 0.717) is 35.1 Å². The maximum atomic E-state index is 5.13. The summed E-state index contributed by atoms with van der Waals surface area (Å²) in [4.78, 5) is 30.2. The van der Waals surface area contributed by atoms with Gasteiger partial charge in [0, 0.05) is 38.6 Å². The van der Waals surface area contributed by atoms with Crippen LogP contribution in [0.15, 0.2) is 188 Å². The molecule has 0 saturated heterocycles. The molecular formula is C48H31N7. The van der Waals surface area contributed by atoms with E-state index >= 15 is 0 Å². The van der Waals surface area contributed by atoms with Crippen molar-refractivity contribution in [1.82, 2.24) is 34.5 Å². The van der Waals surface area contributed by atoms with Crippen molar-refractivity contribution < 1.29 is 0 Å². The third-order valence-electron chi connectivity index (χ3n) is 9.72. The van der Waals surface area contributed by atoms with Crippen LogP contribution in [0.2, 0.25) is 0 Å². The molecule has 0 amide bonds. The largest absolute Gasteiger partial charge is 0.278 e. The topological polar surface area (TPSA) is 82.3 Å². The van der Waals surface area contributed by atoms with E-state index in [2.05, 4.69) is 65.2 Å². The van der Waals surface area contributed by atoms with Crippen molar-refractivity contribution in [2.75, 3.05) is 0 Å². The Morgan fingerprint density at radius 3 is 0.964 bits per heavy atom. The van der Waals surface area contributed by atoms with E-state index < -0.39 is 0 Å². The normalized spacial score (nSPS) is 11.3. The van der Waals surface area contributed by atoms with Gasteiger partial charge in [-0.05, 0) is 41.5 Å². The molecule has 0 aliphatic rings. The molecule has 55 heavy (non-hydrogen) atoms. The van der Waals surface area contributed by atoms with E-state index in [0.717, 1.165) is 60.8 Å². The second kappa shape index (κ2) is 13.7. The summed E-state index contributed by atoms with van der Waals surface area (Å²) in [6, 6.07) is 63.6. The molecule has 258 valence electrons. The first kappa shape index (κ1) is 32.0. The van der Waals surface area contributed by atoms with Crippen LogP contribution in [0, 0.1) is 0 Å². The molecule has 3 heterocycles. The number of hydrogen-bond donors (Lipinski definition) is 0. The van der Waals surface area contributed by atoms with Gasteiger partial charge in [-0.1, -0.05) is 158 Å². The van der Waals surface area contributed by atoms with Gasteiger partial charge in [0.25, 0.3) is 0 Å². The lowest BCUT2D eigenvalue weighted by atomic mass is 10.0. The first-order valence-corrected chi connectivity index (χ1v) is 18.1. The molecule has 7 heteroatoms. The second-order valence-corrected chi connectivity index (χ2v) is 13.2. The first-order valence-electron chi connectivity index (χ1n) is 18.1. The molecule has 10 rings (SSSR count). The average Bonchev–Trinajstić information content (AvgIpc) is 3.60. The predicted molar refractivity (Wildman–Crippen MR) is 220 cm³/mol. The maximum absolute atomic E-state index is 5.13. The Balaban J connectivity index is 1.23. The minimum Gasteiger partial charge on any atom is -0.278 e. The summed E-state index contributed by atoms with van der Waals surface area (Å²) in [5.41, 5.74) is 8.72. The summed E-state index contributed by atoms with van der Waals surface area (Å²) < 4.78 is 2.14. The maximum Gasteiger partial charge on any atom is 0.238 e. The second-order valence-electron chi connectivity index (χ2n) is 13.2. The fraction of sp³-hybridized carbons (Fsp3) is 0. The highest BCUT2D eigenvalue weighted by atomic mass is 15.2. The zero-order chi connectivity index (χ0) is 36.6. The van der Waals surface area contributed by atoms with Gasteiger partial charge in [-0.25, -0.2) is 19.9 Å². The fourth-order valence-electron chi connectivity index (χ4n) is 7.02. The van der Waals surface area contributed by atoms with E-state index in [1.165, 1.54) is 0 Å². The lowest BCUT2D eigenvalue weighted by molar-refractivity contribution is 0.953. The first-order chi connectivity index (χ1) is 27.2. The van der Waals surface area contributed by atoms with Crippen LogP contribution in [0.5, 0.6) is 0 Å². The van der Waals surface area contributed by atoms with E-state index in [-0.39, 0.29) is 0 Å². The molecule has 7 nitrogen and oxygen atoms in total. The Kier molecular flexibility index (Phi) is 8.00. The summed E-state index contributed by atoms with van der Waals surface area (Å²) in [5, 5.41) is 2.08. The zero-order valence-electron chi connectivity index (χ0n) is 29.5. The van der Waals surface area contributed by atoms with Gasteiger partial charge in [-0.15, -0.1) is 0 Å². The van der Waals surface area contributed by atoms with Crippen LogP contribution in [0.3, 0.4) is 0 Å². The molecule has 10 aromatic rings. The van der Waals surface area contributed by atoms with Gasteiger partial charge in [0.2, 0.25) is 5.95 Å². The minimum absolute atomic E-state index is 0.533. The fourth-order valence-corrected chi connectivity index (χ4v) is 7.02. The van der Waals surface area contributed by atoms with Crippen molar-refractivity contribution in [3.63, 3.8) is 0 Å². The van der Waals surface area contributed by atoms with E-state index in [4.69, 9.17) is 29.9 Å². The Morgan fingerprint density at radius 2 is 0.564 bits per heavy atom. The molecule has 0 fully saturated rings. The van der Waals surface area contributed by atoms with Crippen molar-refractivity contribution in [3.05, 3.63) is 188 Å². The van der Waals surface area contributed by atoms with E-state index in [1.54, 1.807) is 0 Å². The van der Waals surface area contributed by atoms with Crippen LogP contribution in [0.1, 0.15) is 0 Å². The van der Waals surface area contributed by atoms with Gasteiger partial charge in [0.1, 0.15) is 0 Å². The summed E-state index contributed by atoms with van der Waals surface area (Å²) in [7, 11) is 0. The minimum atomic E-state index is 0.533. The Hall–Kier alpha value is -7.64. The number of aromatic nitrogens is 7. The Labute approximate surface area is 317 Å². The zero-order valence-corrected chi connectivity index (χ0v) is 29.5. The van der Waals surface area contributed by atoms with Crippen LogP contribution < -0.4 is 0 Å². The third-order valence-corrected chi connectivity index (χ3v) is 9.72. The molecule has 0 unspecified atom stereocenters. The summed E-state index contributed by atoms with van der Waals surface area (Å²) in [6.07, 6.45) is 0. The highest BCUT2D eigenvalue weighted by Crippen LogP contribution is 2.37. The van der Waals surface area contributed by atoms with Crippen molar-refractivity contribution in [1.29, 1.82) is 0 Å². The summed E-state index contributed by atoms with van der Waals surface area (Å²) >= 11 is 0. The summed E-state index contributed by atoms with van der Waals surface area (Å²) in [5.74, 6) is 3.56. The lowest BCUT2D eigenvalue weighted by Crippen LogP contribution is -2.06. The Morgan fingerprint density at radius 1 is 0.255 bits per heavy atom. The van der Waals surface area contributed by atoms with Crippen LogP contribution in [-0.2, 0) is 0 Å². The molecule has 0 saturated carbocycles. The number of rotatable bonds is 7. The quantitative estimate of drug-likeness (QED) is 0.164. The molecule has 0 spiro atoms. The van der Waals surface area contributed by atoms with Gasteiger partial charge in [-0.2, -0.15) is 9.97 Å². The molecule has 3 aromatic heterocycles. The third kappa shape index (κ3) is 6.09. The predicted octanol–water partition coefficient (Wildman–Crippen LogP) is 11.2. The van der Waals surface area contributed by atoms with Gasteiger partial charge in [0.15, 0.2) is 29.1 Å². The molecule has 0 aliphatic heterocycles. The van der Waals surface area contributed by atoms with Crippen molar-refractivity contribution >= 4 is 21.8 Å². The lowest BCUT2D eigenvalue weighted by Gasteiger charge is -2.11. The van der Waals surface area contributed by atoms with Crippen LogP contribution in [0.25, 0.3) is 95.8 Å². The van der Waals surface area contributed by atoms with Gasteiger partial charge >= 0.3 is 0 Å². The van der Waals surface area contributed by atoms with Crippen LogP contribution in [0.4, 0.5) is 0 Å².